The van der Waals surface area contributed by atoms with E-state index in [1.807, 2.05) is 6.92 Å². The van der Waals surface area contributed by atoms with Gasteiger partial charge in [-0.05, 0) is 18.7 Å². The van der Waals surface area contributed by atoms with E-state index in [-0.39, 0.29) is 12.5 Å². The van der Waals surface area contributed by atoms with Crippen LogP contribution in [0.3, 0.4) is 0 Å². The van der Waals surface area contributed by atoms with Gasteiger partial charge in [-0.3, -0.25) is 4.79 Å². The third-order valence-electron chi connectivity index (χ3n) is 1.77. The minimum atomic E-state index is -0.108. The van der Waals surface area contributed by atoms with Crippen LogP contribution in [0.25, 0.3) is 0 Å². The first kappa shape index (κ1) is 11.5. The fraction of sp³-hybridized carbons (Fsp3) is 0.400. The number of pyridine rings is 1. The molecule has 0 aliphatic carbocycles. The summed E-state index contributed by atoms with van der Waals surface area (Å²) in [6.45, 7) is 2.99. The molecule has 0 saturated heterocycles. The highest BCUT2D eigenvalue weighted by Crippen LogP contribution is 2.19. The van der Waals surface area contributed by atoms with E-state index in [1.54, 1.807) is 18.3 Å². The van der Waals surface area contributed by atoms with Crippen molar-refractivity contribution < 1.29 is 9.53 Å². The first-order chi connectivity index (χ1) is 7.27. The van der Waals surface area contributed by atoms with Crippen LogP contribution in [-0.2, 0) is 4.79 Å². The molecule has 1 rings (SSSR count). The lowest BCUT2D eigenvalue weighted by molar-refractivity contribution is -0.115. The zero-order valence-corrected chi connectivity index (χ0v) is 8.91. The number of methoxy groups -OCH3 is 1. The fourth-order valence-electron chi connectivity index (χ4n) is 1.08. The number of carbonyl (C=O) groups is 1. The molecule has 0 spiro atoms. The van der Waals surface area contributed by atoms with Crippen LogP contribution in [0.2, 0.25) is 0 Å². The van der Waals surface area contributed by atoms with E-state index in [0.29, 0.717) is 11.6 Å². The van der Waals surface area contributed by atoms with Crippen molar-refractivity contribution >= 4 is 11.6 Å². The van der Waals surface area contributed by atoms with Gasteiger partial charge in [0.25, 0.3) is 0 Å². The summed E-state index contributed by atoms with van der Waals surface area (Å²) < 4.78 is 5.00. The Kier molecular flexibility index (Phi) is 4.56. The number of rotatable bonds is 5. The number of ether oxygens (including phenoxy) is 1. The predicted molar refractivity (Wildman–Crippen MR) is 58.0 cm³/mol. The van der Waals surface area contributed by atoms with Crippen LogP contribution in [0.1, 0.15) is 6.92 Å². The maximum absolute atomic E-state index is 11.4. The van der Waals surface area contributed by atoms with Crippen molar-refractivity contribution in [3.05, 3.63) is 18.3 Å². The lowest BCUT2D eigenvalue weighted by atomic mass is 10.4. The highest BCUT2D eigenvalue weighted by molar-refractivity contribution is 5.93. The summed E-state index contributed by atoms with van der Waals surface area (Å²) in [5.74, 6) is 0.311. The van der Waals surface area contributed by atoms with Crippen molar-refractivity contribution in [3.8, 4) is 5.88 Å². The van der Waals surface area contributed by atoms with Gasteiger partial charge in [-0.25, -0.2) is 4.98 Å². The van der Waals surface area contributed by atoms with E-state index in [2.05, 4.69) is 15.6 Å². The molecule has 0 aliphatic rings. The van der Waals surface area contributed by atoms with E-state index >= 15 is 0 Å². The van der Waals surface area contributed by atoms with Gasteiger partial charge in [0.1, 0.15) is 5.69 Å². The average Bonchev–Trinajstić information content (AvgIpc) is 2.27. The van der Waals surface area contributed by atoms with Crippen molar-refractivity contribution in [2.45, 2.75) is 6.92 Å². The van der Waals surface area contributed by atoms with Crippen LogP contribution >= 0.6 is 0 Å². The molecule has 0 aromatic carbocycles. The molecule has 5 heteroatoms. The van der Waals surface area contributed by atoms with E-state index in [9.17, 15) is 4.79 Å². The average molecular weight is 209 g/mol. The molecule has 1 heterocycles. The largest absolute Gasteiger partial charge is 0.480 e. The molecule has 0 atom stereocenters. The van der Waals surface area contributed by atoms with Crippen molar-refractivity contribution in [2.75, 3.05) is 25.5 Å². The second-order valence-electron chi connectivity index (χ2n) is 2.89. The van der Waals surface area contributed by atoms with Gasteiger partial charge in [-0.2, -0.15) is 0 Å². The van der Waals surface area contributed by atoms with Crippen LogP contribution in [0.4, 0.5) is 5.69 Å². The van der Waals surface area contributed by atoms with Gasteiger partial charge in [0.2, 0.25) is 11.8 Å². The van der Waals surface area contributed by atoms with Crippen LogP contribution in [-0.4, -0.2) is 31.1 Å². The maximum atomic E-state index is 11.4. The van der Waals surface area contributed by atoms with Crippen molar-refractivity contribution in [3.63, 3.8) is 0 Å². The lowest BCUT2D eigenvalue weighted by Crippen LogP contribution is -2.27. The molecular formula is C10H15N3O2. The number of amides is 1. The predicted octanol–water partition coefficient (Wildman–Crippen LogP) is 0.638. The number of nitrogens with one attached hydrogen (secondary N) is 2. The molecule has 1 amide bonds. The number of nitrogens with zero attached hydrogens (tertiary/aromatic N) is 1. The number of hydrogen-bond acceptors (Lipinski definition) is 4. The lowest BCUT2D eigenvalue weighted by Gasteiger charge is -2.08. The van der Waals surface area contributed by atoms with Gasteiger partial charge in [-0.1, -0.05) is 6.92 Å². The topological polar surface area (TPSA) is 63.2 Å². The Morgan fingerprint density at radius 2 is 2.40 bits per heavy atom. The van der Waals surface area contributed by atoms with Crippen LogP contribution in [0.5, 0.6) is 5.88 Å². The van der Waals surface area contributed by atoms with Crippen LogP contribution in [0.15, 0.2) is 18.3 Å². The Balaban J connectivity index is 2.59. The molecule has 0 fully saturated rings. The second-order valence-corrected chi connectivity index (χ2v) is 2.89. The van der Waals surface area contributed by atoms with Crippen molar-refractivity contribution in [1.82, 2.24) is 10.3 Å². The maximum Gasteiger partial charge on any atom is 0.238 e. The number of carbonyl (C=O) groups excluding carboxylic acids is 1. The number of anilines is 1. The zero-order valence-electron chi connectivity index (χ0n) is 8.91. The highest BCUT2D eigenvalue weighted by Gasteiger charge is 2.06. The molecule has 1 aromatic rings. The second kappa shape index (κ2) is 5.98. The quantitative estimate of drug-likeness (QED) is 0.747. The van der Waals surface area contributed by atoms with Crippen molar-refractivity contribution in [2.24, 2.45) is 0 Å². The summed E-state index contributed by atoms with van der Waals surface area (Å²) in [6, 6.07) is 3.49. The molecule has 5 nitrogen and oxygen atoms in total. The van der Waals surface area contributed by atoms with E-state index in [4.69, 9.17) is 4.74 Å². The van der Waals surface area contributed by atoms with Crippen molar-refractivity contribution in [1.29, 1.82) is 0 Å². The Bertz CT molecular complexity index is 328. The molecule has 0 aliphatic heterocycles. The van der Waals surface area contributed by atoms with Gasteiger partial charge < -0.3 is 15.4 Å². The first-order valence-corrected chi connectivity index (χ1v) is 4.77. The summed E-state index contributed by atoms with van der Waals surface area (Å²) in [6.07, 6.45) is 1.61. The summed E-state index contributed by atoms with van der Waals surface area (Å²) in [4.78, 5) is 15.4. The zero-order chi connectivity index (χ0) is 11.1. The monoisotopic (exact) mass is 209 g/mol. The van der Waals surface area contributed by atoms with Gasteiger partial charge in [0.15, 0.2) is 0 Å². The third-order valence-corrected chi connectivity index (χ3v) is 1.77. The van der Waals surface area contributed by atoms with Crippen LogP contribution in [0, 0.1) is 0 Å². The van der Waals surface area contributed by atoms with E-state index in [0.717, 1.165) is 6.54 Å². The Morgan fingerprint density at radius 3 is 3.07 bits per heavy atom. The van der Waals surface area contributed by atoms with Gasteiger partial charge in [-0.15, -0.1) is 0 Å². The molecule has 0 bridgehead atoms. The highest BCUT2D eigenvalue weighted by atomic mass is 16.5. The van der Waals surface area contributed by atoms with Gasteiger partial charge in [0, 0.05) is 6.20 Å². The Morgan fingerprint density at radius 1 is 1.60 bits per heavy atom. The molecular weight excluding hydrogens is 194 g/mol. The summed E-state index contributed by atoms with van der Waals surface area (Å²) in [5, 5.41) is 5.64. The first-order valence-electron chi connectivity index (χ1n) is 4.77. The van der Waals surface area contributed by atoms with Gasteiger partial charge >= 0.3 is 0 Å². The minimum absolute atomic E-state index is 0.108. The normalized spacial score (nSPS) is 9.73. The molecule has 0 radical (unpaired) electrons. The number of hydrogen-bond donors (Lipinski definition) is 2. The molecule has 82 valence electrons. The van der Waals surface area contributed by atoms with Gasteiger partial charge in [0.05, 0.1) is 13.7 Å². The number of likely N-dealkylation sites (N-methyl/N-ethyl adjacent to an activating group) is 1. The third kappa shape index (κ3) is 3.55. The smallest absolute Gasteiger partial charge is 0.238 e. The molecule has 15 heavy (non-hydrogen) atoms. The Hall–Kier alpha value is -1.62. The molecule has 2 N–H and O–H groups in total. The summed E-state index contributed by atoms with van der Waals surface area (Å²) in [5.41, 5.74) is 0.586. The van der Waals surface area contributed by atoms with E-state index in [1.165, 1.54) is 7.11 Å². The summed E-state index contributed by atoms with van der Waals surface area (Å²) >= 11 is 0. The SMILES string of the molecule is CCNCC(=O)Nc1cccnc1OC. The van der Waals surface area contributed by atoms with E-state index < -0.39 is 0 Å². The standard InChI is InChI=1S/C10H15N3O2/c1-3-11-7-9(14)13-8-5-4-6-12-10(8)15-2/h4-6,11H,3,7H2,1-2H3,(H,13,14). The minimum Gasteiger partial charge on any atom is -0.480 e. The van der Waals surface area contributed by atoms with Crippen LogP contribution < -0.4 is 15.4 Å². The fourth-order valence-corrected chi connectivity index (χ4v) is 1.08. The molecule has 1 aromatic heterocycles. The number of aromatic nitrogens is 1. The Labute approximate surface area is 88.9 Å². The summed E-state index contributed by atoms with van der Waals surface area (Å²) in [7, 11) is 1.52. The molecule has 0 saturated carbocycles. The molecule has 0 unspecified atom stereocenters.